The van der Waals surface area contributed by atoms with Crippen LogP contribution < -0.4 is 5.32 Å². The summed E-state index contributed by atoms with van der Waals surface area (Å²) < 4.78 is 18.2. The van der Waals surface area contributed by atoms with Gasteiger partial charge in [0.1, 0.15) is 6.61 Å². The molecule has 5 rings (SSSR count). The molecule has 222 valence electrons. The average molecular weight is 597 g/mol. The number of thioether (sulfide) groups is 1. The number of benzene rings is 3. The van der Waals surface area contributed by atoms with E-state index in [1.807, 2.05) is 78.9 Å². The minimum Gasteiger partial charge on any atom is -0.445 e. The molecule has 1 amide bonds. The summed E-state index contributed by atoms with van der Waals surface area (Å²) in [7, 11) is 0. The third-order valence-corrected chi connectivity index (χ3v) is 8.46. The van der Waals surface area contributed by atoms with E-state index in [1.54, 1.807) is 18.0 Å². The molecule has 4 atom stereocenters. The van der Waals surface area contributed by atoms with Crippen molar-refractivity contribution in [1.29, 1.82) is 0 Å². The van der Waals surface area contributed by atoms with E-state index in [4.69, 9.17) is 14.2 Å². The van der Waals surface area contributed by atoms with Crippen molar-refractivity contribution in [3.05, 3.63) is 132 Å². The number of aromatic nitrogens is 1. The van der Waals surface area contributed by atoms with Gasteiger partial charge in [-0.2, -0.15) is 0 Å². The summed E-state index contributed by atoms with van der Waals surface area (Å²) in [5.41, 5.74) is 5.84. The summed E-state index contributed by atoms with van der Waals surface area (Å²) in [6.07, 6.45) is 2.02. The molecule has 0 saturated carbocycles. The van der Waals surface area contributed by atoms with Gasteiger partial charge in [0, 0.05) is 30.0 Å². The van der Waals surface area contributed by atoms with E-state index in [0.717, 1.165) is 44.2 Å². The zero-order valence-electron chi connectivity index (χ0n) is 24.1. The monoisotopic (exact) mass is 596 g/mol. The predicted octanol–water partition coefficient (Wildman–Crippen LogP) is 7.24. The van der Waals surface area contributed by atoms with Crippen molar-refractivity contribution in [3.63, 3.8) is 0 Å². The van der Waals surface area contributed by atoms with Crippen LogP contribution in [-0.2, 0) is 27.4 Å². The second-order valence-corrected chi connectivity index (χ2v) is 11.4. The van der Waals surface area contributed by atoms with Crippen molar-refractivity contribution in [2.24, 2.45) is 5.92 Å². The number of aliphatic hydroxyl groups is 1. The molecule has 7 nitrogen and oxygen atoms in total. The van der Waals surface area contributed by atoms with Crippen LogP contribution in [0.25, 0.3) is 11.1 Å². The quantitative estimate of drug-likeness (QED) is 0.139. The fourth-order valence-electron chi connectivity index (χ4n) is 5.04. The number of carbonyl (C=O) groups is 1. The summed E-state index contributed by atoms with van der Waals surface area (Å²) in [6.45, 7) is 6.23. The fraction of sp³-hybridized carbons (Fsp3) is 0.257. The lowest BCUT2D eigenvalue weighted by atomic mass is 9.91. The number of nitrogens with one attached hydrogen (secondary N) is 1. The second-order valence-electron chi connectivity index (χ2n) is 10.3. The zero-order chi connectivity index (χ0) is 30.0. The summed E-state index contributed by atoms with van der Waals surface area (Å²) in [6, 6.07) is 30.0. The van der Waals surface area contributed by atoms with E-state index in [0.29, 0.717) is 6.54 Å². The molecule has 0 aliphatic carbocycles. The Bertz CT molecular complexity index is 1480. The molecular weight excluding hydrogens is 560 g/mol. The Morgan fingerprint density at radius 3 is 2.47 bits per heavy atom. The Morgan fingerprint density at radius 1 is 1.00 bits per heavy atom. The molecule has 1 aromatic heterocycles. The van der Waals surface area contributed by atoms with Gasteiger partial charge in [0.15, 0.2) is 6.29 Å². The molecular formula is C35H36N2O5S. The highest BCUT2D eigenvalue weighted by Gasteiger charge is 2.38. The van der Waals surface area contributed by atoms with E-state index >= 15 is 0 Å². The second kappa shape index (κ2) is 15.0. The zero-order valence-corrected chi connectivity index (χ0v) is 24.9. The van der Waals surface area contributed by atoms with Crippen molar-refractivity contribution >= 4 is 17.9 Å². The van der Waals surface area contributed by atoms with Crippen LogP contribution in [0.4, 0.5) is 4.79 Å². The minimum atomic E-state index is -0.557. The first-order chi connectivity index (χ1) is 21.1. The minimum absolute atomic E-state index is 0.00136. The Labute approximate surface area is 256 Å². The number of rotatable bonds is 11. The van der Waals surface area contributed by atoms with Crippen LogP contribution in [0.2, 0.25) is 0 Å². The summed E-state index contributed by atoms with van der Waals surface area (Å²) in [4.78, 5) is 16.4. The number of hydrogen-bond donors (Lipinski definition) is 2. The third-order valence-electron chi connectivity index (χ3n) is 7.42. The van der Waals surface area contributed by atoms with Crippen LogP contribution in [0.1, 0.15) is 41.6 Å². The Kier molecular flexibility index (Phi) is 10.6. The Hall–Kier alpha value is -3.95. The van der Waals surface area contributed by atoms with Crippen LogP contribution in [0.5, 0.6) is 0 Å². The lowest BCUT2D eigenvalue weighted by Gasteiger charge is -2.41. The van der Waals surface area contributed by atoms with Gasteiger partial charge in [0.05, 0.1) is 23.8 Å². The maximum Gasteiger partial charge on any atom is 0.407 e. The summed E-state index contributed by atoms with van der Waals surface area (Å²) in [5.74, 6) is 0.820. The van der Waals surface area contributed by atoms with Gasteiger partial charge >= 0.3 is 6.09 Å². The number of hydrogen-bond acceptors (Lipinski definition) is 7. The van der Waals surface area contributed by atoms with E-state index in [9.17, 15) is 9.90 Å². The maximum absolute atomic E-state index is 12.0. The number of nitrogens with zero attached hydrogens (tertiary/aromatic N) is 1. The highest BCUT2D eigenvalue weighted by atomic mass is 32.2. The number of amides is 1. The lowest BCUT2D eigenvalue weighted by molar-refractivity contribution is -0.268. The Balaban J connectivity index is 1.35. The van der Waals surface area contributed by atoms with Crippen molar-refractivity contribution in [2.75, 3.05) is 12.4 Å². The highest BCUT2D eigenvalue weighted by Crippen LogP contribution is 2.43. The van der Waals surface area contributed by atoms with Crippen LogP contribution in [0, 0.1) is 5.92 Å². The predicted molar refractivity (Wildman–Crippen MR) is 168 cm³/mol. The maximum atomic E-state index is 12.0. The molecule has 0 unspecified atom stereocenters. The van der Waals surface area contributed by atoms with Crippen molar-refractivity contribution in [3.8, 4) is 11.1 Å². The van der Waals surface area contributed by atoms with Gasteiger partial charge in [-0.1, -0.05) is 98.4 Å². The third kappa shape index (κ3) is 7.91. The summed E-state index contributed by atoms with van der Waals surface area (Å²) >= 11 is 1.67. The molecule has 1 aliphatic rings. The molecule has 0 spiro atoms. The molecule has 3 aromatic carbocycles. The normalized spacial score (nSPS) is 19.9. The molecule has 0 bridgehead atoms. The van der Waals surface area contributed by atoms with Gasteiger partial charge in [0.25, 0.3) is 0 Å². The first-order valence-corrected chi connectivity index (χ1v) is 15.3. The van der Waals surface area contributed by atoms with Crippen molar-refractivity contribution in [2.45, 2.75) is 43.6 Å². The number of alkyl carbamates (subject to hydrolysis) is 1. The SMILES string of the molecule is C=CCOC(=O)NCc1ccccc1-c1ccc([C@@H]2O[C@H](CSc3ccccn3)[C@H](C)[C@H](c3ccc(CO)cc3)O2)cc1. The van der Waals surface area contributed by atoms with Gasteiger partial charge < -0.3 is 24.6 Å². The van der Waals surface area contributed by atoms with E-state index in [-0.39, 0.29) is 31.3 Å². The van der Waals surface area contributed by atoms with Gasteiger partial charge in [-0.15, -0.1) is 11.8 Å². The molecule has 4 aromatic rings. The smallest absolute Gasteiger partial charge is 0.407 e. The van der Waals surface area contributed by atoms with Gasteiger partial charge in [-0.05, 0) is 39.9 Å². The first kappa shape index (κ1) is 30.5. The lowest BCUT2D eigenvalue weighted by Crippen LogP contribution is -2.38. The molecule has 0 radical (unpaired) electrons. The molecule has 1 saturated heterocycles. The molecule has 1 aliphatic heterocycles. The molecule has 43 heavy (non-hydrogen) atoms. The van der Waals surface area contributed by atoms with Gasteiger partial charge in [-0.3, -0.25) is 0 Å². The molecule has 2 N–H and O–H groups in total. The van der Waals surface area contributed by atoms with Crippen LogP contribution in [0.15, 0.2) is 115 Å². The van der Waals surface area contributed by atoms with Crippen LogP contribution in [-0.4, -0.2) is 34.6 Å². The van der Waals surface area contributed by atoms with Crippen LogP contribution in [0.3, 0.4) is 0 Å². The van der Waals surface area contributed by atoms with E-state index < -0.39 is 12.4 Å². The molecule has 8 heteroatoms. The highest BCUT2D eigenvalue weighted by molar-refractivity contribution is 7.99. The largest absolute Gasteiger partial charge is 0.445 e. The molecule has 2 heterocycles. The fourth-order valence-corrected chi connectivity index (χ4v) is 6.07. The number of ether oxygens (including phenoxy) is 3. The standard InChI is InChI=1S/C35H36N2O5S/c1-3-20-40-35(39)37-21-29-8-4-5-9-30(29)26-15-17-28(18-16-26)34-41-31(23-43-32-10-6-7-19-36-32)24(2)33(42-34)27-13-11-25(22-38)12-14-27/h3-19,24,31,33-34,38H,1,20-23H2,2H3,(H,37,39)/t24-,31+,33+,34+/m0/s1. The van der Waals surface area contributed by atoms with Gasteiger partial charge in [-0.25, -0.2) is 9.78 Å². The number of carbonyl (C=O) groups excluding carboxylic acids is 1. The van der Waals surface area contributed by atoms with Gasteiger partial charge in [0.2, 0.25) is 0 Å². The summed E-state index contributed by atoms with van der Waals surface area (Å²) in [5, 5.41) is 13.3. The average Bonchev–Trinajstić information content (AvgIpc) is 3.06. The molecule has 1 fully saturated rings. The first-order valence-electron chi connectivity index (χ1n) is 14.3. The van der Waals surface area contributed by atoms with Crippen molar-refractivity contribution in [1.82, 2.24) is 10.3 Å². The van der Waals surface area contributed by atoms with E-state index in [1.165, 1.54) is 6.08 Å². The Morgan fingerprint density at radius 2 is 1.74 bits per heavy atom. The van der Waals surface area contributed by atoms with Crippen molar-refractivity contribution < 1.29 is 24.1 Å². The number of pyridine rings is 1. The van der Waals surface area contributed by atoms with E-state index in [2.05, 4.69) is 35.9 Å². The van der Waals surface area contributed by atoms with Crippen LogP contribution >= 0.6 is 11.8 Å². The topological polar surface area (TPSA) is 89.9 Å². The number of aliphatic hydroxyl groups excluding tert-OH is 1.